The Morgan fingerprint density at radius 1 is 1.58 bits per heavy atom. The van der Waals surface area contributed by atoms with Gasteiger partial charge in [-0.2, -0.15) is 0 Å². The Morgan fingerprint density at radius 2 is 2.25 bits per heavy atom. The maximum absolute atomic E-state index is 5.91. The number of benzene rings is 1. The molecule has 0 saturated heterocycles. The molecule has 2 N–H and O–H groups in total. The van der Waals surface area contributed by atoms with Crippen LogP contribution in [0.2, 0.25) is 5.02 Å². The summed E-state index contributed by atoms with van der Waals surface area (Å²) in [5.74, 6) is 0.645. The fraction of sp³-hybridized carbons (Fsp3) is 0.250. The van der Waals surface area contributed by atoms with Gasteiger partial charge in [0.2, 0.25) is 0 Å². The lowest BCUT2D eigenvalue weighted by Crippen LogP contribution is -1.97. The molecule has 1 aromatic carbocycles. The van der Waals surface area contributed by atoms with Crippen molar-refractivity contribution < 1.29 is 4.74 Å². The highest BCUT2D eigenvalue weighted by Gasteiger charge is 2.06. The number of hydrogen-bond donors (Lipinski definition) is 1. The third-order valence-corrected chi connectivity index (χ3v) is 2.75. The number of ether oxygens (including phenoxy) is 1. The first-order valence-corrected chi connectivity index (χ1v) is 4.58. The predicted octanol–water partition coefficient (Wildman–Crippen LogP) is 2.57. The number of hydrogen-bond acceptors (Lipinski definition) is 2. The van der Waals surface area contributed by atoms with Crippen LogP contribution < -0.4 is 10.5 Å². The summed E-state index contributed by atoms with van der Waals surface area (Å²) < 4.78 is 5.86. The topological polar surface area (TPSA) is 35.2 Å². The standard InChI is InChI=1S/C8H9BrClNO/c1-12-7-3-5(4-11)2-6(9)8(7)10/h2-3H,4,11H2,1H3. The van der Waals surface area contributed by atoms with Crippen molar-refractivity contribution in [2.24, 2.45) is 5.73 Å². The number of methoxy groups -OCH3 is 1. The lowest BCUT2D eigenvalue weighted by molar-refractivity contribution is 0.414. The highest BCUT2D eigenvalue weighted by atomic mass is 79.9. The molecule has 2 nitrogen and oxygen atoms in total. The molecule has 0 atom stereocenters. The molecule has 0 aliphatic rings. The fourth-order valence-electron chi connectivity index (χ4n) is 0.884. The van der Waals surface area contributed by atoms with E-state index in [1.54, 1.807) is 7.11 Å². The van der Waals surface area contributed by atoms with Gasteiger partial charge in [0.05, 0.1) is 12.1 Å². The molecule has 0 aliphatic heterocycles. The Balaban J connectivity index is 3.19. The van der Waals surface area contributed by atoms with Gasteiger partial charge in [0.1, 0.15) is 5.75 Å². The lowest BCUT2D eigenvalue weighted by atomic mass is 10.2. The Morgan fingerprint density at radius 3 is 2.75 bits per heavy atom. The maximum Gasteiger partial charge on any atom is 0.138 e. The molecule has 4 heteroatoms. The third kappa shape index (κ3) is 1.91. The zero-order valence-corrected chi connectivity index (χ0v) is 8.95. The highest BCUT2D eigenvalue weighted by Crippen LogP contribution is 2.33. The third-order valence-electron chi connectivity index (χ3n) is 1.51. The summed E-state index contributed by atoms with van der Waals surface area (Å²) in [5, 5.41) is 0.578. The van der Waals surface area contributed by atoms with Crippen LogP contribution in [0.25, 0.3) is 0 Å². The molecule has 12 heavy (non-hydrogen) atoms. The van der Waals surface area contributed by atoms with Gasteiger partial charge in [-0.3, -0.25) is 0 Å². The maximum atomic E-state index is 5.91. The lowest BCUT2D eigenvalue weighted by Gasteiger charge is -2.06. The molecule has 0 spiro atoms. The summed E-state index contributed by atoms with van der Waals surface area (Å²) >= 11 is 9.22. The van der Waals surface area contributed by atoms with Crippen LogP contribution in [0.15, 0.2) is 16.6 Å². The van der Waals surface area contributed by atoms with Crippen LogP contribution in [-0.2, 0) is 6.54 Å². The molecule has 0 aliphatic carbocycles. The van der Waals surface area contributed by atoms with Crippen LogP contribution in [-0.4, -0.2) is 7.11 Å². The van der Waals surface area contributed by atoms with Gasteiger partial charge in [-0.05, 0) is 33.6 Å². The number of nitrogens with two attached hydrogens (primary N) is 1. The summed E-state index contributed by atoms with van der Waals surface area (Å²) in [6.45, 7) is 0.478. The molecule has 0 radical (unpaired) electrons. The first-order chi connectivity index (χ1) is 5.69. The zero-order valence-electron chi connectivity index (χ0n) is 6.60. The average molecular weight is 251 g/mol. The van der Waals surface area contributed by atoms with Crippen LogP contribution in [0.5, 0.6) is 5.75 Å². The fourth-order valence-corrected chi connectivity index (χ4v) is 1.56. The van der Waals surface area contributed by atoms with Gasteiger partial charge in [0.15, 0.2) is 0 Å². The van der Waals surface area contributed by atoms with Crippen molar-refractivity contribution in [2.75, 3.05) is 7.11 Å². The normalized spacial score (nSPS) is 10.0. The SMILES string of the molecule is COc1cc(CN)cc(Br)c1Cl. The van der Waals surface area contributed by atoms with E-state index in [2.05, 4.69) is 15.9 Å². The molecule has 0 saturated carbocycles. The van der Waals surface area contributed by atoms with E-state index in [0.717, 1.165) is 10.0 Å². The van der Waals surface area contributed by atoms with Crippen molar-refractivity contribution in [1.82, 2.24) is 0 Å². The van der Waals surface area contributed by atoms with Crippen molar-refractivity contribution in [1.29, 1.82) is 0 Å². The molecule has 0 heterocycles. The molecular formula is C8H9BrClNO. The summed E-state index contributed by atoms with van der Waals surface area (Å²) in [5.41, 5.74) is 6.46. The highest BCUT2D eigenvalue weighted by molar-refractivity contribution is 9.10. The van der Waals surface area contributed by atoms with Gasteiger partial charge in [0.25, 0.3) is 0 Å². The Labute approximate surface area is 84.8 Å². The monoisotopic (exact) mass is 249 g/mol. The van der Waals surface area contributed by atoms with Gasteiger partial charge in [-0.25, -0.2) is 0 Å². The number of halogens is 2. The van der Waals surface area contributed by atoms with Crippen molar-refractivity contribution in [2.45, 2.75) is 6.54 Å². The van der Waals surface area contributed by atoms with Crippen molar-refractivity contribution in [3.05, 3.63) is 27.2 Å². The second kappa shape index (κ2) is 4.12. The van der Waals surface area contributed by atoms with Crippen LogP contribution >= 0.6 is 27.5 Å². The molecule has 0 aromatic heterocycles. The molecule has 0 amide bonds. The summed E-state index contributed by atoms with van der Waals surface area (Å²) in [6, 6.07) is 3.71. The van der Waals surface area contributed by atoms with Gasteiger partial charge < -0.3 is 10.5 Å². The van der Waals surface area contributed by atoms with Gasteiger partial charge in [-0.1, -0.05) is 11.6 Å². The van der Waals surface area contributed by atoms with E-state index in [4.69, 9.17) is 22.1 Å². The van der Waals surface area contributed by atoms with Gasteiger partial charge in [-0.15, -0.1) is 0 Å². The van der Waals surface area contributed by atoms with E-state index < -0.39 is 0 Å². The summed E-state index contributed by atoms with van der Waals surface area (Å²) in [7, 11) is 1.58. The van der Waals surface area contributed by atoms with Crippen molar-refractivity contribution in [3.63, 3.8) is 0 Å². The minimum atomic E-state index is 0.478. The minimum absolute atomic E-state index is 0.478. The molecule has 0 bridgehead atoms. The van der Waals surface area contributed by atoms with Crippen molar-refractivity contribution >= 4 is 27.5 Å². The molecule has 1 rings (SSSR count). The second-order valence-corrected chi connectivity index (χ2v) is 3.53. The Bertz CT molecular complexity index is 291. The number of rotatable bonds is 2. The van der Waals surface area contributed by atoms with Crippen LogP contribution in [0, 0.1) is 0 Å². The van der Waals surface area contributed by atoms with E-state index in [1.807, 2.05) is 12.1 Å². The Hall–Kier alpha value is -0.250. The van der Waals surface area contributed by atoms with Crippen LogP contribution in [0.1, 0.15) is 5.56 Å². The first-order valence-electron chi connectivity index (χ1n) is 3.41. The van der Waals surface area contributed by atoms with E-state index in [0.29, 0.717) is 17.3 Å². The van der Waals surface area contributed by atoms with E-state index >= 15 is 0 Å². The van der Waals surface area contributed by atoms with Crippen LogP contribution in [0.3, 0.4) is 0 Å². The van der Waals surface area contributed by atoms with E-state index in [-0.39, 0.29) is 0 Å². The van der Waals surface area contributed by atoms with Crippen LogP contribution in [0.4, 0.5) is 0 Å². The molecule has 0 fully saturated rings. The van der Waals surface area contributed by atoms with Gasteiger partial charge >= 0.3 is 0 Å². The summed E-state index contributed by atoms with van der Waals surface area (Å²) in [4.78, 5) is 0. The quantitative estimate of drug-likeness (QED) is 0.875. The average Bonchev–Trinajstić information content (AvgIpc) is 2.09. The molecule has 1 aromatic rings. The molecule has 66 valence electrons. The first kappa shape index (κ1) is 9.84. The Kier molecular flexibility index (Phi) is 3.38. The molecule has 0 unspecified atom stereocenters. The zero-order chi connectivity index (χ0) is 9.14. The van der Waals surface area contributed by atoms with E-state index in [9.17, 15) is 0 Å². The minimum Gasteiger partial charge on any atom is -0.495 e. The smallest absolute Gasteiger partial charge is 0.138 e. The predicted molar refractivity (Wildman–Crippen MR) is 53.6 cm³/mol. The second-order valence-electron chi connectivity index (χ2n) is 2.30. The van der Waals surface area contributed by atoms with Gasteiger partial charge in [0, 0.05) is 11.0 Å². The summed E-state index contributed by atoms with van der Waals surface area (Å²) in [6.07, 6.45) is 0. The largest absolute Gasteiger partial charge is 0.495 e. The van der Waals surface area contributed by atoms with Crippen molar-refractivity contribution in [3.8, 4) is 5.75 Å². The molecular weight excluding hydrogens is 241 g/mol. The van der Waals surface area contributed by atoms with E-state index in [1.165, 1.54) is 0 Å².